The molecular formula is C23H32N4O7. The second-order valence-corrected chi connectivity index (χ2v) is 8.85. The second kappa shape index (κ2) is 11.8. The van der Waals surface area contributed by atoms with Gasteiger partial charge in [-0.1, -0.05) is 19.0 Å². The van der Waals surface area contributed by atoms with Gasteiger partial charge in [0, 0.05) is 19.6 Å². The predicted molar refractivity (Wildman–Crippen MR) is 121 cm³/mol. The van der Waals surface area contributed by atoms with Gasteiger partial charge < -0.3 is 29.9 Å². The van der Waals surface area contributed by atoms with E-state index in [0.29, 0.717) is 18.8 Å². The highest BCUT2D eigenvalue weighted by atomic mass is 16.6. The van der Waals surface area contributed by atoms with E-state index in [2.05, 4.69) is 27.0 Å². The number of hydrogen-bond acceptors (Lipinski definition) is 8. The summed E-state index contributed by atoms with van der Waals surface area (Å²) in [4.78, 5) is 51.1. The highest BCUT2D eigenvalue weighted by Crippen LogP contribution is 2.29. The molecule has 186 valence electrons. The van der Waals surface area contributed by atoms with Crippen LogP contribution < -0.4 is 16.0 Å². The highest BCUT2D eigenvalue weighted by molar-refractivity contribution is 5.99. The Balaban J connectivity index is 2.09. The summed E-state index contributed by atoms with van der Waals surface area (Å²) in [5.41, 5.74) is -0.916. The average Bonchev–Trinajstić information content (AvgIpc) is 3.37. The highest BCUT2D eigenvalue weighted by Gasteiger charge is 2.50. The summed E-state index contributed by atoms with van der Waals surface area (Å²) in [6.45, 7) is 7.28. The van der Waals surface area contributed by atoms with Crippen molar-refractivity contribution in [1.29, 1.82) is 0 Å². The van der Waals surface area contributed by atoms with Gasteiger partial charge in [0.05, 0.1) is 19.3 Å². The Morgan fingerprint density at radius 1 is 1.18 bits per heavy atom. The molecule has 1 aromatic heterocycles. The molecule has 1 aromatic rings. The van der Waals surface area contributed by atoms with Crippen LogP contribution in [-0.4, -0.2) is 72.7 Å². The van der Waals surface area contributed by atoms with Gasteiger partial charge in [0.15, 0.2) is 11.5 Å². The fraction of sp³-hybridized carbons (Fsp3) is 0.609. The van der Waals surface area contributed by atoms with Gasteiger partial charge >= 0.3 is 0 Å². The molecular weight excluding hydrogens is 444 g/mol. The van der Waals surface area contributed by atoms with Gasteiger partial charge in [-0.3, -0.25) is 19.2 Å². The van der Waals surface area contributed by atoms with E-state index in [4.69, 9.17) is 20.4 Å². The van der Waals surface area contributed by atoms with Crippen LogP contribution in [0.2, 0.25) is 0 Å². The van der Waals surface area contributed by atoms with Crippen molar-refractivity contribution in [3.8, 4) is 12.3 Å². The molecule has 3 N–H and O–H groups in total. The number of carbonyl (C=O) groups is 4. The van der Waals surface area contributed by atoms with Crippen LogP contribution >= 0.6 is 0 Å². The van der Waals surface area contributed by atoms with E-state index in [9.17, 15) is 19.2 Å². The largest absolute Gasteiger partial charge is 0.382 e. The first kappa shape index (κ1) is 27.0. The van der Waals surface area contributed by atoms with Gasteiger partial charge in [0.2, 0.25) is 11.8 Å². The smallest absolute Gasteiger partial charge is 0.274 e. The first-order chi connectivity index (χ1) is 16.0. The first-order valence-electron chi connectivity index (χ1n) is 11.0. The molecule has 1 aliphatic rings. The molecule has 2 heterocycles. The van der Waals surface area contributed by atoms with Crippen LogP contribution in [0.25, 0.3) is 0 Å². The molecule has 2 rings (SSSR count). The number of aryl methyl sites for hydroxylation is 1. The van der Waals surface area contributed by atoms with Crippen molar-refractivity contribution < 1.29 is 33.2 Å². The summed E-state index contributed by atoms with van der Waals surface area (Å²) in [6, 6.07) is -1.63. The fourth-order valence-corrected chi connectivity index (χ4v) is 3.25. The van der Waals surface area contributed by atoms with E-state index in [-0.39, 0.29) is 30.4 Å². The quantitative estimate of drug-likeness (QED) is 0.268. The number of rotatable bonds is 13. The molecule has 4 unspecified atom stereocenters. The van der Waals surface area contributed by atoms with Crippen molar-refractivity contribution in [1.82, 2.24) is 21.1 Å². The maximum Gasteiger partial charge on any atom is 0.274 e. The van der Waals surface area contributed by atoms with Gasteiger partial charge in [-0.05, 0) is 26.2 Å². The Morgan fingerprint density at radius 2 is 1.79 bits per heavy atom. The van der Waals surface area contributed by atoms with Crippen LogP contribution in [0.15, 0.2) is 10.6 Å². The minimum Gasteiger partial charge on any atom is -0.382 e. The molecule has 0 saturated carbocycles. The number of amides is 3. The van der Waals surface area contributed by atoms with Crippen LogP contribution in [0.1, 0.15) is 49.9 Å². The van der Waals surface area contributed by atoms with Gasteiger partial charge in [0.25, 0.3) is 5.91 Å². The zero-order valence-electron chi connectivity index (χ0n) is 20.1. The molecule has 1 fully saturated rings. The maximum atomic E-state index is 13.0. The molecule has 4 atom stereocenters. The zero-order chi connectivity index (χ0) is 25.5. The molecule has 0 bridgehead atoms. The van der Waals surface area contributed by atoms with E-state index in [0.717, 1.165) is 0 Å². The average molecular weight is 477 g/mol. The minimum absolute atomic E-state index is 0.00449. The Hall–Kier alpha value is -3.23. The monoisotopic (exact) mass is 476 g/mol. The van der Waals surface area contributed by atoms with E-state index in [1.54, 1.807) is 13.8 Å². The molecule has 1 saturated heterocycles. The Kier molecular flexibility index (Phi) is 9.35. The third kappa shape index (κ3) is 7.40. The molecule has 0 radical (unpaired) electrons. The second-order valence-electron chi connectivity index (χ2n) is 8.85. The van der Waals surface area contributed by atoms with Crippen LogP contribution in [0, 0.1) is 25.2 Å². The van der Waals surface area contributed by atoms with Gasteiger partial charge in [-0.15, -0.1) is 12.3 Å². The summed E-state index contributed by atoms with van der Waals surface area (Å²) >= 11 is 0. The Bertz CT molecular complexity index is 945. The topological polar surface area (TPSA) is 152 Å². The first-order valence-corrected chi connectivity index (χ1v) is 11.0. The van der Waals surface area contributed by atoms with Crippen LogP contribution in [0.3, 0.4) is 0 Å². The standard InChI is InChI=1S/C23H32N4O7/c1-7-8-15(20(29)25-16(9-13(2)3)19(28)23(5)12-33-23)24-22(31)18(11-32-6)26-21(30)17-10-14(4)34-27-17/h1,10,13,15-16,18H,8-9,11-12H2,2-6H3,(H,24,31)(H,25,29)(H,26,30). The van der Waals surface area contributed by atoms with Crippen LogP contribution in [0.5, 0.6) is 0 Å². The summed E-state index contributed by atoms with van der Waals surface area (Å²) < 4.78 is 15.1. The Labute approximate surface area is 198 Å². The van der Waals surface area contributed by atoms with Crippen molar-refractivity contribution in [3.05, 3.63) is 17.5 Å². The van der Waals surface area contributed by atoms with E-state index in [1.165, 1.54) is 13.2 Å². The normalized spacial score (nSPS) is 19.4. The predicted octanol–water partition coefficient (Wildman–Crippen LogP) is 0.125. The molecule has 1 aliphatic heterocycles. The number of ketones is 1. The van der Waals surface area contributed by atoms with Gasteiger partial charge in [-0.2, -0.15) is 0 Å². The molecule has 0 spiro atoms. The number of Topliss-reactive ketones (excluding diaryl/α,β-unsaturated/α-hetero) is 1. The number of epoxide rings is 1. The zero-order valence-corrected chi connectivity index (χ0v) is 20.1. The van der Waals surface area contributed by atoms with Crippen LogP contribution in [0.4, 0.5) is 0 Å². The number of terminal acetylenes is 1. The number of nitrogens with one attached hydrogen (secondary N) is 3. The number of nitrogens with zero attached hydrogens (tertiary/aromatic N) is 1. The number of hydrogen-bond donors (Lipinski definition) is 3. The molecule has 0 aromatic carbocycles. The Morgan fingerprint density at radius 3 is 2.29 bits per heavy atom. The molecule has 11 nitrogen and oxygen atoms in total. The number of ether oxygens (including phenoxy) is 2. The van der Waals surface area contributed by atoms with E-state index >= 15 is 0 Å². The van der Waals surface area contributed by atoms with E-state index < -0.39 is 41.4 Å². The lowest BCUT2D eigenvalue weighted by molar-refractivity contribution is -0.133. The maximum absolute atomic E-state index is 13.0. The van der Waals surface area contributed by atoms with Crippen molar-refractivity contribution in [2.75, 3.05) is 20.3 Å². The lowest BCUT2D eigenvalue weighted by Gasteiger charge is -2.25. The summed E-state index contributed by atoms with van der Waals surface area (Å²) in [7, 11) is 1.36. The fourth-order valence-electron chi connectivity index (χ4n) is 3.25. The van der Waals surface area contributed by atoms with E-state index in [1.807, 2.05) is 13.8 Å². The molecule has 34 heavy (non-hydrogen) atoms. The lowest BCUT2D eigenvalue weighted by Crippen LogP contribution is -2.57. The minimum atomic E-state index is -1.13. The van der Waals surface area contributed by atoms with Gasteiger partial charge in [0.1, 0.15) is 23.4 Å². The molecule has 11 heteroatoms. The van der Waals surface area contributed by atoms with Crippen molar-refractivity contribution in [2.45, 2.75) is 64.3 Å². The number of methoxy groups -OCH3 is 1. The third-order valence-corrected chi connectivity index (χ3v) is 5.21. The van der Waals surface area contributed by atoms with Crippen LogP contribution in [-0.2, 0) is 23.9 Å². The molecule has 3 amide bonds. The summed E-state index contributed by atoms with van der Waals surface area (Å²) in [5, 5.41) is 11.4. The molecule has 0 aliphatic carbocycles. The SMILES string of the molecule is C#CCC(NC(=O)C(COC)NC(=O)c1cc(C)on1)C(=O)NC(CC(C)C)C(=O)C1(C)CO1. The lowest BCUT2D eigenvalue weighted by atomic mass is 9.93. The van der Waals surface area contributed by atoms with Crippen molar-refractivity contribution in [3.63, 3.8) is 0 Å². The van der Waals surface area contributed by atoms with Gasteiger partial charge in [-0.25, -0.2) is 0 Å². The van der Waals surface area contributed by atoms with Crippen molar-refractivity contribution >= 4 is 23.5 Å². The number of aromatic nitrogens is 1. The summed E-state index contributed by atoms with van der Waals surface area (Å²) in [5.74, 6) is 0.741. The number of carbonyl (C=O) groups excluding carboxylic acids is 4. The summed E-state index contributed by atoms with van der Waals surface area (Å²) in [6.07, 6.45) is 5.69. The third-order valence-electron chi connectivity index (χ3n) is 5.21. The van der Waals surface area contributed by atoms with Crippen molar-refractivity contribution in [2.24, 2.45) is 5.92 Å².